The van der Waals surface area contributed by atoms with Crippen molar-refractivity contribution >= 4 is 17.7 Å². The van der Waals surface area contributed by atoms with Gasteiger partial charge in [-0.3, -0.25) is 19.5 Å². The number of carbonyl (C=O) groups excluding carboxylic acids is 1. The fourth-order valence-corrected chi connectivity index (χ4v) is 5.17. The quantitative estimate of drug-likeness (QED) is 0.149. The fourth-order valence-electron chi connectivity index (χ4n) is 5.17. The van der Waals surface area contributed by atoms with Crippen LogP contribution < -0.4 is 35.5 Å². The molecule has 0 fully saturated rings. The van der Waals surface area contributed by atoms with E-state index >= 15 is 0 Å². The molecular formula is C33H32N4O9. The summed E-state index contributed by atoms with van der Waals surface area (Å²) >= 11 is 0. The van der Waals surface area contributed by atoms with Crippen molar-refractivity contribution in [2.24, 2.45) is 4.99 Å². The average molecular weight is 629 g/mol. The Labute approximate surface area is 263 Å². The average Bonchev–Trinajstić information content (AvgIpc) is 3.36. The monoisotopic (exact) mass is 628 g/mol. The van der Waals surface area contributed by atoms with Crippen LogP contribution in [-0.4, -0.2) is 48.4 Å². The van der Waals surface area contributed by atoms with Crippen molar-refractivity contribution in [3.8, 4) is 23.0 Å². The Morgan fingerprint density at radius 3 is 2.30 bits per heavy atom. The Morgan fingerprint density at radius 2 is 1.65 bits per heavy atom. The number of hydrogen-bond donors (Lipinski definition) is 1. The van der Waals surface area contributed by atoms with E-state index in [0.29, 0.717) is 39.8 Å². The van der Waals surface area contributed by atoms with Crippen molar-refractivity contribution in [3.63, 3.8) is 0 Å². The number of methoxy groups -OCH3 is 3. The second-order valence-electron chi connectivity index (χ2n) is 10.2. The number of fused-ring (bicyclic) bond motifs is 1. The van der Waals surface area contributed by atoms with Gasteiger partial charge in [0.2, 0.25) is 5.62 Å². The molecule has 0 spiro atoms. The number of ether oxygens (including phenoxy) is 5. The summed E-state index contributed by atoms with van der Waals surface area (Å²) in [6.45, 7) is 3.72. The second kappa shape index (κ2) is 13.4. The molecule has 1 aromatic heterocycles. The summed E-state index contributed by atoms with van der Waals surface area (Å²) in [6, 6.07) is 15.6. The van der Waals surface area contributed by atoms with Crippen molar-refractivity contribution < 1.29 is 33.4 Å². The van der Waals surface area contributed by atoms with Gasteiger partial charge in [0.1, 0.15) is 12.0 Å². The Bertz CT molecular complexity index is 2010. The summed E-state index contributed by atoms with van der Waals surface area (Å²) in [5.41, 5.74) is 2.45. The number of nitrogens with zero attached hydrogens (tertiary/aromatic N) is 3. The number of nitrogens with one attached hydrogen (secondary N) is 1. The van der Waals surface area contributed by atoms with E-state index in [1.54, 1.807) is 68.5 Å². The Kier molecular flexibility index (Phi) is 9.21. The number of carbonyl (C=O) groups is 1. The van der Waals surface area contributed by atoms with Gasteiger partial charge < -0.3 is 28.7 Å². The second-order valence-corrected chi connectivity index (χ2v) is 10.2. The maximum absolute atomic E-state index is 14.0. The summed E-state index contributed by atoms with van der Waals surface area (Å²) < 4.78 is 29.1. The van der Waals surface area contributed by atoms with E-state index in [1.807, 2.05) is 0 Å². The van der Waals surface area contributed by atoms with Crippen LogP contribution in [0.3, 0.4) is 0 Å². The zero-order chi connectivity index (χ0) is 33.0. The van der Waals surface area contributed by atoms with E-state index in [2.05, 4.69) is 9.98 Å². The summed E-state index contributed by atoms with van der Waals surface area (Å²) in [7, 11) is 4.53. The standard InChI is InChI=1S/C33H32N4O9/c1-6-45-32(39)29-19(2)34-33-35-24(31(38)36(33)30(29)22-10-14-25(42-3)28(17-22)44-5)15-21-9-13-26(27(16-21)43-4)46-18-20-7-11-23(12-8-20)37(40)41/h7-17,30H,6,18H2,1-5H3,(H,34,35)/b24-15-. The third kappa shape index (κ3) is 6.20. The number of hydrogen-bond acceptors (Lipinski definition) is 10. The lowest BCUT2D eigenvalue weighted by molar-refractivity contribution is -0.384. The minimum absolute atomic E-state index is 0.00553. The van der Waals surface area contributed by atoms with Crippen LogP contribution >= 0.6 is 0 Å². The van der Waals surface area contributed by atoms with Gasteiger partial charge in [-0.15, -0.1) is 0 Å². The lowest BCUT2D eigenvalue weighted by Crippen LogP contribution is -2.40. The highest BCUT2D eigenvalue weighted by molar-refractivity contribution is 5.91. The van der Waals surface area contributed by atoms with Gasteiger partial charge in [-0.1, -0.05) is 12.1 Å². The van der Waals surface area contributed by atoms with Crippen molar-refractivity contribution in [1.82, 2.24) is 9.55 Å². The van der Waals surface area contributed by atoms with Crippen molar-refractivity contribution in [1.29, 1.82) is 0 Å². The lowest BCUT2D eigenvalue weighted by atomic mass is 9.95. The highest BCUT2D eigenvalue weighted by Crippen LogP contribution is 2.36. The molecule has 2 heterocycles. The molecule has 1 N–H and O–H groups in total. The molecule has 0 bridgehead atoms. The summed E-state index contributed by atoms with van der Waals surface area (Å²) in [4.78, 5) is 45.3. The van der Waals surface area contributed by atoms with Crippen molar-refractivity contribution in [2.45, 2.75) is 26.5 Å². The van der Waals surface area contributed by atoms with Crippen LogP contribution in [0.1, 0.15) is 36.6 Å². The minimum Gasteiger partial charge on any atom is -0.493 e. The van der Waals surface area contributed by atoms with Crippen LogP contribution in [0.4, 0.5) is 5.69 Å². The molecule has 4 aromatic rings. The molecule has 1 unspecified atom stereocenters. The number of non-ortho nitro benzene ring substituents is 1. The maximum atomic E-state index is 14.0. The highest BCUT2D eigenvalue weighted by atomic mass is 16.6. The first-order valence-electron chi connectivity index (χ1n) is 14.2. The maximum Gasteiger partial charge on any atom is 0.338 e. The van der Waals surface area contributed by atoms with Gasteiger partial charge in [-0.05, 0) is 73.0 Å². The molecule has 1 aliphatic rings. The third-order valence-electron chi connectivity index (χ3n) is 7.38. The fraction of sp³-hybridized carbons (Fsp3) is 0.242. The predicted molar refractivity (Wildman–Crippen MR) is 167 cm³/mol. The number of rotatable bonds is 11. The number of aromatic nitrogens is 2. The molecule has 0 aliphatic carbocycles. The zero-order valence-electron chi connectivity index (χ0n) is 25.9. The molecule has 5 rings (SSSR count). The van der Waals surface area contributed by atoms with Crippen LogP contribution in [0.25, 0.3) is 6.08 Å². The lowest BCUT2D eigenvalue weighted by Gasteiger charge is -2.25. The van der Waals surface area contributed by atoms with Crippen molar-refractivity contribution in [3.05, 3.63) is 120 Å². The topological polar surface area (TPSA) is 157 Å². The molecule has 3 aromatic carbocycles. The molecule has 0 saturated heterocycles. The molecule has 0 saturated carbocycles. The van der Waals surface area contributed by atoms with Crippen LogP contribution in [-0.2, 0) is 16.1 Å². The predicted octanol–water partition coefficient (Wildman–Crippen LogP) is 3.58. The number of allylic oxidation sites excluding steroid dienone is 1. The minimum atomic E-state index is -0.859. The number of nitro groups is 1. The number of H-pyrrole nitrogens is 1. The zero-order valence-corrected chi connectivity index (χ0v) is 25.9. The molecule has 46 heavy (non-hydrogen) atoms. The molecule has 1 aliphatic heterocycles. The number of aromatic amines is 1. The molecule has 0 amide bonds. The van der Waals surface area contributed by atoms with Gasteiger partial charge >= 0.3 is 5.97 Å². The van der Waals surface area contributed by atoms with Gasteiger partial charge in [-0.2, -0.15) is 0 Å². The summed E-state index contributed by atoms with van der Waals surface area (Å²) in [5, 5.41) is 11.1. The smallest absolute Gasteiger partial charge is 0.338 e. The largest absolute Gasteiger partial charge is 0.493 e. The first-order chi connectivity index (χ1) is 22.2. The van der Waals surface area contributed by atoms with E-state index < -0.39 is 22.5 Å². The van der Waals surface area contributed by atoms with Gasteiger partial charge in [-0.25, -0.2) is 9.79 Å². The molecule has 238 valence electrons. The Hall–Kier alpha value is -5.85. The van der Waals surface area contributed by atoms with E-state index in [1.165, 1.54) is 38.0 Å². The van der Waals surface area contributed by atoms with Crippen LogP contribution in [0.5, 0.6) is 23.0 Å². The highest BCUT2D eigenvalue weighted by Gasteiger charge is 2.34. The van der Waals surface area contributed by atoms with Crippen LogP contribution in [0, 0.1) is 10.1 Å². The number of imidazole rings is 1. The van der Waals surface area contributed by atoms with E-state index in [-0.39, 0.29) is 35.4 Å². The molecule has 1 atom stereocenters. The molecule has 13 nitrogen and oxygen atoms in total. The molecule has 0 radical (unpaired) electrons. The van der Waals surface area contributed by atoms with E-state index in [4.69, 9.17) is 23.7 Å². The number of nitro benzene ring substituents is 1. The van der Waals surface area contributed by atoms with E-state index in [0.717, 1.165) is 5.56 Å². The molecule has 13 heteroatoms. The summed E-state index contributed by atoms with van der Waals surface area (Å²) in [6.07, 6.45) is 1.65. The summed E-state index contributed by atoms with van der Waals surface area (Å²) in [5.74, 6) is 1.21. The van der Waals surface area contributed by atoms with Gasteiger partial charge in [0.05, 0.1) is 50.2 Å². The SMILES string of the molecule is CCOC(=O)C1=C(C)N=c2[nH]/c(=C\c3ccc(OCc4ccc([N+](=O)[O-])cc4)c(OC)c3)c(=O)n2C1c1ccc(OC)c(OC)c1. The number of benzene rings is 3. The number of esters is 1. The van der Waals surface area contributed by atoms with Crippen LogP contribution in [0.15, 0.2) is 81.7 Å². The first kappa shape index (κ1) is 31.6. The Balaban J connectivity index is 1.53. The third-order valence-corrected chi connectivity index (χ3v) is 7.38. The molecular weight excluding hydrogens is 596 g/mol. The van der Waals surface area contributed by atoms with Crippen LogP contribution in [0.2, 0.25) is 0 Å². The van der Waals surface area contributed by atoms with E-state index in [9.17, 15) is 19.7 Å². The van der Waals surface area contributed by atoms with Gasteiger partial charge in [0, 0.05) is 12.1 Å². The Morgan fingerprint density at radius 1 is 0.978 bits per heavy atom. The normalized spacial score (nSPS) is 14.3. The van der Waals surface area contributed by atoms with Gasteiger partial charge in [0.25, 0.3) is 11.2 Å². The van der Waals surface area contributed by atoms with Gasteiger partial charge in [0.15, 0.2) is 23.0 Å². The van der Waals surface area contributed by atoms with Crippen molar-refractivity contribution in [2.75, 3.05) is 27.9 Å². The first-order valence-corrected chi connectivity index (χ1v) is 14.2.